The molecule has 3 aromatic carbocycles. The van der Waals surface area contributed by atoms with Gasteiger partial charge in [0.2, 0.25) is 5.90 Å². The first-order valence-electron chi connectivity index (χ1n) is 9.15. The zero-order valence-electron chi connectivity index (χ0n) is 15.8. The zero-order chi connectivity index (χ0) is 20.2. The molecule has 1 heterocycles. The molecular weight excluding hydrogens is 369 g/mol. The fraction of sp³-hybridized carbons (Fsp3) is 0.0833. The maximum absolute atomic E-state index is 13.8. The van der Waals surface area contributed by atoms with E-state index < -0.39 is 5.97 Å². The number of rotatable bonds is 5. The Balaban J connectivity index is 1.61. The van der Waals surface area contributed by atoms with E-state index in [0.29, 0.717) is 16.9 Å². The quantitative estimate of drug-likeness (QED) is 0.454. The molecule has 3 aromatic rings. The average molecular weight is 387 g/mol. The lowest BCUT2D eigenvalue weighted by Gasteiger charge is -2.10. The van der Waals surface area contributed by atoms with Gasteiger partial charge in [-0.25, -0.2) is 14.2 Å². The van der Waals surface area contributed by atoms with Gasteiger partial charge in [0.1, 0.15) is 18.2 Å². The van der Waals surface area contributed by atoms with Gasteiger partial charge in [0.15, 0.2) is 5.70 Å². The predicted molar refractivity (Wildman–Crippen MR) is 109 cm³/mol. The van der Waals surface area contributed by atoms with E-state index in [4.69, 9.17) is 9.47 Å². The Morgan fingerprint density at radius 1 is 1.00 bits per heavy atom. The van der Waals surface area contributed by atoms with Crippen LogP contribution >= 0.6 is 0 Å². The van der Waals surface area contributed by atoms with Gasteiger partial charge in [-0.05, 0) is 36.8 Å². The Labute approximate surface area is 167 Å². The third-order valence-corrected chi connectivity index (χ3v) is 4.55. The number of carbonyl (C=O) groups excluding carboxylic acids is 1. The monoisotopic (exact) mass is 387 g/mol. The van der Waals surface area contributed by atoms with Crippen molar-refractivity contribution in [3.63, 3.8) is 0 Å². The fourth-order valence-electron chi connectivity index (χ4n) is 2.99. The molecule has 0 spiro atoms. The van der Waals surface area contributed by atoms with Gasteiger partial charge in [-0.1, -0.05) is 54.6 Å². The molecule has 0 unspecified atom stereocenters. The minimum absolute atomic E-state index is 0.0784. The summed E-state index contributed by atoms with van der Waals surface area (Å²) in [5.74, 6) is -0.0398. The van der Waals surface area contributed by atoms with Crippen LogP contribution in [0.5, 0.6) is 5.75 Å². The highest BCUT2D eigenvalue weighted by atomic mass is 19.1. The number of hydrogen-bond acceptors (Lipinski definition) is 4. The largest absolute Gasteiger partial charge is 0.488 e. The molecule has 0 amide bonds. The first kappa shape index (κ1) is 18.6. The van der Waals surface area contributed by atoms with Crippen molar-refractivity contribution in [3.8, 4) is 5.75 Å². The van der Waals surface area contributed by atoms with E-state index in [9.17, 15) is 9.18 Å². The van der Waals surface area contributed by atoms with Crippen LogP contribution in [-0.4, -0.2) is 11.9 Å². The first-order chi connectivity index (χ1) is 14.1. The van der Waals surface area contributed by atoms with Crippen LogP contribution in [0.25, 0.3) is 6.08 Å². The van der Waals surface area contributed by atoms with Gasteiger partial charge in [0.25, 0.3) is 0 Å². The van der Waals surface area contributed by atoms with Crippen molar-refractivity contribution in [3.05, 3.63) is 107 Å². The van der Waals surface area contributed by atoms with Gasteiger partial charge in [-0.2, -0.15) is 0 Å². The van der Waals surface area contributed by atoms with E-state index in [-0.39, 0.29) is 24.0 Å². The number of esters is 1. The maximum Gasteiger partial charge on any atom is 0.363 e. The van der Waals surface area contributed by atoms with Gasteiger partial charge in [0, 0.05) is 16.7 Å². The number of halogens is 1. The lowest BCUT2D eigenvalue weighted by Crippen LogP contribution is -2.06. The van der Waals surface area contributed by atoms with Crippen molar-refractivity contribution in [2.45, 2.75) is 13.5 Å². The Morgan fingerprint density at radius 3 is 2.55 bits per heavy atom. The van der Waals surface area contributed by atoms with E-state index in [1.54, 1.807) is 36.4 Å². The Hall–Kier alpha value is -3.73. The van der Waals surface area contributed by atoms with E-state index in [2.05, 4.69) is 4.99 Å². The molecule has 4 rings (SSSR count). The summed E-state index contributed by atoms with van der Waals surface area (Å²) < 4.78 is 25.0. The molecule has 1 aliphatic rings. The van der Waals surface area contributed by atoms with E-state index in [0.717, 1.165) is 11.1 Å². The summed E-state index contributed by atoms with van der Waals surface area (Å²) in [4.78, 5) is 16.7. The van der Waals surface area contributed by atoms with Gasteiger partial charge in [-0.15, -0.1) is 0 Å². The van der Waals surface area contributed by atoms with Crippen LogP contribution in [-0.2, 0) is 16.1 Å². The minimum Gasteiger partial charge on any atom is -0.488 e. The third-order valence-electron chi connectivity index (χ3n) is 4.55. The Bertz CT molecular complexity index is 1130. The Morgan fingerprint density at radius 2 is 1.72 bits per heavy atom. The summed E-state index contributed by atoms with van der Waals surface area (Å²) in [5.41, 5.74) is 3.04. The first-order valence-corrected chi connectivity index (χ1v) is 9.15. The standard InChI is InChI=1S/C24H18FNO3/c1-16-8-2-5-11-19(16)23-26-21(24(27)29-23)14-17-9-4-7-13-22(17)28-15-18-10-3-6-12-20(18)25/h2-14H,15H2,1H3/b21-14-. The van der Waals surface area contributed by atoms with Crippen molar-refractivity contribution in [2.24, 2.45) is 4.99 Å². The van der Waals surface area contributed by atoms with Crippen LogP contribution in [0.1, 0.15) is 22.3 Å². The summed E-state index contributed by atoms with van der Waals surface area (Å²) in [6.07, 6.45) is 1.62. The molecule has 0 N–H and O–H groups in total. The molecule has 0 aliphatic carbocycles. The van der Waals surface area contributed by atoms with Crippen LogP contribution in [0.2, 0.25) is 0 Å². The lowest BCUT2D eigenvalue weighted by atomic mass is 10.1. The molecule has 0 saturated carbocycles. The molecule has 0 atom stereocenters. The number of benzene rings is 3. The molecule has 0 aromatic heterocycles. The smallest absolute Gasteiger partial charge is 0.363 e. The average Bonchev–Trinajstić information content (AvgIpc) is 3.09. The number of nitrogens with zero attached hydrogens (tertiary/aromatic N) is 1. The number of aryl methyl sites for hydroxylation is 1. The number of hydrogen-bond donors (Lipinski definition) is 0. The normalized spacial score (nSPS) is 14.6. The fourth-order valence-corrected chi connectivity index (χ4v) is 2.99. The van der Waals surface area contributed by atoms with Crippen LogP contribution in [0.3, 0.4) is 0 Å². The van der Waals surface area contributed by atoms with Crippen molar-refractivity contribution in [1.29, 1.82) is 0 Å². The summed E-state index contributed by atoms with van der Waals surface area (Å²) in [7, 11) is 0. The number of cyclic esters (lactones) is 1. The second kappa shape index (κ2) is 8.10. The van der Waals surface area contributed by atoms with E-state index in [1.807, 2.05) is 43.3 Å². The molecule has 29 heavy (non-hydrogen) atoms. The summed E-state index contributed by atoms with van der Waals surface area (Å²) in [6.45, 7) is 2.01. The van der Waals surface area contributed by atoms with Crippen molar-refractivity contribution in [2.75, 3.05) is 0 Å². The summed E-state index contributed by atoms with van der Waals surface area (Å²) in [6, 6.07) is 21.2. The third kappa shape index (κ3) is 4.09. The summed E-state index contributed by atoms with van der Waals surface area (Å²) >= 11 is 0. The van der Waals surface area contributed by atoms with Crippen molar-refractivity contribution in [1.82, 2.24) is 0 Å². The van der Waals surface area contributed by atoms with Crippen LogP contribution < -0.4 is 4.74 Å². The molecule has 144 valence electrons. The highest BCUT2D eigenvalue weighted by Crippen LogP contribution is 2.26. The van der Waals surface area contributed by atoms with Crippen LogP contribution in [0, 0.1) is 12.7 Å². The molecule has 0 radical (unpaired) electrons. The molecular formula is C24H18FNO3. The predicted octanol–water partition coefficient (Wildman–Crippen LogP) is 5.06. The van der Waals surface area contributed by atoms with Gasteiger partial charge < -0.3 is 9.47 Å². The molecule has 5 heteroatoms. The van der Waals surface area contributed by atoms with Gasteiger partial charge >= 0.3 is 5.97 Å². The molecule has 4 nitrogen and oxygen atoms in total. The number of carbonyl (C=O) groups is 1. The van der Waals surface area contributed by atoms with E-state index >= 15 is 0 Å². The second-order valence-electron chi connectivity index (χ2n) is 6.57. The molecule has 0 fully saturated rings. The highest BCUT2D eigenvalue weighted by molar-refractivity contribution is 6.13. The van der Waals surface area contributed by atoms with Crippen LogP contribution in [0.4, 0.5) is 4.39 Å². The minimum atomic E-state index is -0.521. The molecule has 1 aliphatic heterocycles. The number of aliphatic imine (C=N–C) groups is 1. The summed E-state index contributed by atoms with van der Waals surface area (Å²) in [5, 5.41) is 0. The van der Waals surface area contributed by atoms with Crippen molar-refractivity contribution < 1.29 is 18.7 Å². The lowest BCUT2D eigenvalue weighted by molar-refractivity contribution is -0.129. The number of para-hydroxylation sites is 1. The molecule has 0 saturated heterocycles. The van der Waals surface area contributed by atoms with Crippen molar-refractivity contribution >= 4 is 17.9 Å². The van der Waals surface area contributed by atoms with Gasteiger partial charge in [0.05, 0.1) is 0 Å². The zero-order valence-corrected chi connectivity index (χ0v) is 15.8. The van der Waals surface area contributed by atoms with Gasteiger partial charge in [-0.3, -0.25) is 0 Å². The second-order valence-corrected chi connectivity index (χ2v) is 6.57. The van der Waals surface area contributed by atoms with Crippen LogP contribution in [0.15, 0.2) is 83.5 Å². The van der Waals surface area contributed by atoms with E-state index in [1.165, 1.54) is 6.07 Å². The maximum atomic E-state index is 13.8. The topological polar surface area (TPSA) is 47.9 Å². The molecule has 0 bridgehead atoms. The highest BCUT2D eigenvalue weighted by Gasteiger charge is 2.25. The number of ether oxygens (including phenoxy) is 2. The Kier molecular flexibility index (Phi) is 5.20. The SMILES string of the molecule is Cc1ccccc1C1=N/C(=C\c2ccccc2OCc2ccccc2F)C(=O)O1.